The fourth-order valence-electron chi connectivity index (χ4n) is 3.15. The SMILES string of the molecule is CCNC(=NCCS(=O)Cc1ccccc1)NC1CCC(C)(C)CC1.I. The highest BCUT2D eigenvalue weighted by Gasteiger charge is 2.27. The van der Waals surface area contributed by atoms with Crippen LogP contribution in [0.25, 0.3) is 0 Å². The standard InChI is InChI=1S/C20H33N3OS.HI/c1-4-21-19(23-18-10-12-20(2,3)13-11-18)22-14-15-25(24)16-17-8-6-5-7-9-17;/h5-9,18H,4,10-16H2,1-3H3,(H2,21,22,23);1H. The lowest BCUT2D eigenvalue weighted by Gasteiger charge is -2.35. The molecule has 0 radical (unpaired) electrons. The minimum atomic E-state index is -0.871. The molecule has 1 atom stereocenters. The van der Waals surface area contributed by atoms with Crippen LogP contribution in [0, 0.1) is 5.41 Å². The number of halogens is 1. The lowest BCUT2D eigenvalue weighted by Crippen LogP contribution is -2.45. The molecule has 0 aromatic heterocycles. The Morgan fingerprint density at radius 2 is 1.88 bits per heavy atom. The van der Waals surface area contributed by atoms with Crippen molar-refractivity contribution in [2.45, 2.75) is 58.2 Å². The Kier molecular flexibility index (Phi) is 10.8. The largest absolute Gasteiger partial charge is 0.357 e. The molecule has 2 rings (SSSR count). The Hall–Kier alpha value is -0.630. The van der Waals surface area contributed by atoms with Crippen molar-refractivity contribution in [2.24, 2.45) is 10.4 Å². The highest BCUT2D eigenvalue weighted by Crippen LogP contribution is 2.34. The van der Waals surface area contributed by atoms with Gasteiger partial charge >= 0.3 is 0 Å². The third-order valence-electron chi connectivity index (χ3n) is 4.78. The van der Waals surface area contributed by atoms with E-state index in [1.54, 1.807) is 0 Å². The van der Waals surface area contributed by atoms with Gasteiger partial charge in [-0.15, -0.1) is 24.0 Å². The van der Waals surface area contributed by atoms with Crippen LogP contribution in [0.15, 0.2) is 35.3 Å². The van der Waals surface area contributed by atoms with Crippen LogP contribution in [0.2, 0.25) is 0 Å². The molecule has 1 aliphatic carbocycles. The van der Waals surface area contributed by atoms with Crippen LogP contribution in [0.3, 0.4) is 0 Å². The number of nitrogens with zero attached hydrogens (tertiary/aromatic N) is 1. The van der Waals surface area contributed by atoms with Gasteiger partial charge in [0.15, 0.2) is 5.96 Å². The van der Waals surface area contributed by atoms with E-state index in [1.165, 1.54) is 25.7 Å². The highest BCUT2D eigenvalue weighted by molar-refractivity contribution is 14.0. The molecule has 1 fully saturated rings. The van der Waals surface area contributed by atoms with E-state index >= 15 is 0 Å². The van der Waals surface area contributed by atoms with E-state index in [0.29, 0.717) is 29.5 Å². The van der Waals surface area contributed by atoms with Crippen molar-refractivity contribution >= 4 is 40.7 Å². The zero-order chi connectivity index (χ0) is 18.1. The van der Waals surface area contributed by atoms with Gasteiger partial charge in [-0.1, -0.05) is 44.2 Å². The number of aliphatic imine (C=N–C) groups is 1. The Balaban J connectivity index is 0.00000338. The molecule has 0 amide bonds. The summed E-state index contributed by atoms with van der Waals surface area (Å²) >= 11 is 0. The molecule has 148 valence electrons. The van der Waals surface area contributed by atoms with Crippen LogP contribution in [0.1, 0.15) is 52.0 Å². The Morgan fingerprint density at radius 3 is 2.50 bits per heavy atom. The first-order chi connectivity index (χ1) is 12.0. The van der Waals surface area contributed by atoms with E-state index in [1.807, 2.05) is 30.3 Å². The summed E-state index contributed by atoms with van der Waals surface area (Å²) in [6.45, 7) is 8.22. The Morgan fingerprint density at radius 1 is 1.23 bits per heavy atom. The van der Waals surface area contributed by atoms with Gasteiger partial charge in [0.25, 0.3) is 0 Å². The number of nitrogens with one attached hydrogen (secondary N) is 2. The fraction of sp³-hybridized carbons (Fsp3) is 0.650. The number of rotatable bonds is 7. The first-order valence-electron chi connectivity index (χ1n) is 9.42. The van der Waals surface area contributed by atoms with Crippen LogP contribution in [-0.4, -0.2) is 35.1 Å². The first-order valence-corrected chi connectivity index (χ1v) is 10.9. The molecule has 0 spiro atoms. The van der Waals surface area contributed by atoms with Crippen molar-refractivity contribution in [1.29, 1.82) is 0 Å². The average molecular weight is 491 g/mol. The first kappa shape index (κ1) is 23.4. The molecule has 1 aromatic rings. The van der Waals surface area contributed by atoms with Gasteiger partial charge in [0, 0.05) is 34.9 Å². The molecule has 1 aliphatic rings. The average Bonchev–Trinajstić information content (AvgIpc) is 2.58. The van der Waals surface area contributed by atoms with Crippen molar-refractivity contribution in [3.05, 3.63) is 35.9 Å². The summed E-state index contributed by atoms with van der Waals surface area (Å²) in [5, 5.41) is 6.87. The smallest absolute Gasteiger partial charge is 0.191 e. The molecule has 1 aromatic carbocycles. The van der Waals surface area contributed by atoms with Gasteiger partial charge in [0.1, 0.15) is 0 Å². The van der Waals surface area contributed by atoms with Crippen LogP contribution in [0.5, 0.6) is 0 Å². The van der Waals surface area contributed by atoms with Crippen molar-refractivity contribution in [2.75, 3.05) is 18.8 Å². The number of benzene rings is 1. The lowest BCUT2D eigenvalue weighted by atomic mass is 9.75. The van der Waals surface area contributed by atoms with Crippen molar-refractivity contribution in [1.82, 2.24) is 10.6 Å². The molecule has 6 heteroatoms. The second kappa shape index (κ2) is 12.0. The summed E-state index contributed by atoms with van der Waals surface area (Å²) < 4.78 is 12.2. The van der Waals surface area contributed by atoms with Crippen LogP contribution in [-0.2, 0) is 16.6 Å². The topological polar surface area (TPSA) is 53.5 Å². The molecule has 1 unspecified atom stereocenters. The predicted molar refractivity (Wildman–Crippen MR) is 124 cm³/mol. The minimum Gasteiger partial charge on any atom is -0.357 e. The predicted octanol–water partition coefficient (Wildman–Crippen LogP) is 4.08. The minimum absolute atomic E-state index is 0. The van der Waals surface area contributed by atoms with Gasteiger partial charge in [-0.3, -0.25) is 9.20 Å². The van der Waals surface area contributed by atoms with Crippen LogP contribution < -0.4 is 10.6 Å². The van der Waals surface area contributed by atoms with E-state index in [9.17, 15) is 4.21 Å². The highest BCUT2D eigenvalue weighted by atomic mass is 127. The van der Waals surface area contributed by atoms with E-state index in [4.69, 9.17) is 0 Å². The summed E-state index contributed by atoms with van der Waals surface area (Å²) in [4.78, 5) is 4.63. The molecule has 0 bridgehead atoms. The molecule has 1 saturated carbocycles. The Bertz CT molecular complexity index is 568. The summed E-state index contributed by atoms with van der Waals surface area (Å²) in [5.41, 5.74) is 1.60. The van der Waals surface area contributed by atoms with E-state index < -0.39 is 10.8 Å². The van der Waals surface area contributed by atoms with Crippen molar-refractivity contribution in [3.8, 4) is 0 Å². The molecular formula is C20H34IN3OS. The third-order valence-corrected chi connectivity index (χ3v) is 6.08. The summed E-state index contributed by atoms with van der Waals surface area (Å²) in [6.07, 6.45) is 4.89. The zero-order valence-electron chi connectivity index (χ0n) is 16.3. The number of guanidine groups is 1. The summed E-state index contributed by atoms with van der Waals surface area (Å²) in [6, 6.07) is 10.5. The van der Waals surface area contributed by atoms with Crippen molar-refractivity contribution < 1.29 is 4.21 Å². The summed E-state index contributed by atoms with van der Waals surface area (Å²) in [5.74, 6) is 2.07. The molecule has 26 heavy (non-hydrogen) atoms. The number of hydrogen-bond acceptors (Lipinski definition) is 2. The van der Waals surface area contributed by atoms with E-state index in [0.717, 1.165) is 18.1 Å². The van der Waals surface area contributed by atoms with Gasteiger partial charge in [0.2, 0.25) is 0 Å². The lowest BCUT2D eigenvalue weighted by molar-refractivity contribution is 0.216. The van der Waals surface area contributed by atoms with Gasteiger partial charge in [-0.25, -0.2) is 0 Å². The molecule has 0 saturated heterocycles. The van der Waals surface area contributed by atoms with Gasteiger partial charge in [0.05, 0.1) is 6.54 Å². The van der Waals surface area contributed by atoms with E-state index in [2.05, 4.69) is 36.4 Å². The molecular weight excluding hydrogens is 457 g/mol. The summed E-state index contributed by atoms with van der Waals surface area (Å²) in [7, 11) is -0.871. The van der Waals surface area contributed by atoms with Crippen LogP contribution in [0.4, 0.5) is 0 Å². The second-order valence-corrected chi connectivity index (χ2v) is 9.19. The zero-order valence-corrected chi connectivity index (χ0v) is 19.4. The van der Waals surface area contributed by atoms with Gasteiger partial charge in [-0.05, 0) is 43.6 Å². The van der Waals surface area contributed by atoms with Gasteiger partial charge in [-0.2, -0.15) is 0 Å². The molecule has 0 aliphatic heterocycles. The molecule has 0 heterocycles. The molecule has 4 nitrogen and oxygen atoms in total. The second-order valence-electron chi connectivity index (χ2n) is 7.62. The van der Waals surface area contributed by atoms with Crippen molar-refractivity contribution in [3.63, 3.8) is 0 Å². The number of hydrogen-bond donors (Lipinski definition) is 2. The fourth-order valence-corrected chi connectivity index (χ4v) is 4.15. The molecule has 2 N–H and O–H groups in total. The maximum absolute atomic E-state index is 12.2. The quantitative estimate of drug-likeness (QED) is 0.344. The van der Waals surface area contributed by atoms with E-state index in [-0.39, 0.29) is 24.0 Å². The Labute approximate surface area is 178 Å². The monoisotopic (exact) mass is 491 g/mol. The van der Waals surface area contributed by atoms with Gasteiger partial charge < -0.3 is 10.6 Å². The normalized spacial score (nSPS) is 18.7. The maximum atomic E-state index is 12.2. The third kappa shape index (κ3) is 8.84. The maximum Gasteiger partial charge on any atom is 0.191 e. The van der Waals surface area contributed by atoms with Crippen LogP contribution >= 0.6 is 24.0 Å².